The Bertz CT molecular complexity index is 650. The largest absolute Gasteiger partial charge is 0.385 e. The Morgan fingerprint density at radius 2 is 1.92 bits per heavy atom. The average Bonchev–Trinajstić information content (AvgIpc) is 3.23. The highest BCUT2D eigenvalue weighted by molar-refractivity contribution is 5.99. The van der Waals surface area contributed by atoms with E-state index in [2.05, 4.69) is 30.0 Å². The molecule has 0 saturated carbocycles. The summed E-state index contributed by atoms with van der Waals surface area (Å²) in [6.45, 7) is 6.28. The number of anilines is 1. The summed E-state index contributed by atoms with van der Waals surface area (Å²) in [5.74, 6) is 0.131. The first-order chi connectivity index (χ1) is 12.0. The van der Waals surface area contributed by atoms with Crippen LogP contribution in [0.1, 0.15) is 37.0 Å². The summed E-state index contributed by atoms with van der Waals surface area (Å²) in [6, 6.07) is 5.36. The Morgan fingerprint density at radius 1 is 1.28 bits per heavy atom. The second-order valence-electron chi connectivity index (χ2n) is 6.90. The zero-order chi connectivity index (χ0) is 18.0. The molecule has 1 aromatic carbocycles. The lowest BCUT2D eigenvalue weighted by Gasteiger charge is -2.20. The van der Waals surface area contributed by atoms with E-state index in [0.29, 0.717) is 31.1 Å². The number of carbonyl (C=O) groups is 1. The number of nitrogens with one attached hydrogen (secondary N) is 3. The minimum Gasteiger partial charge on any atom is -0.385 e. The molecule has 0 aromatic heterocycles. The minimum atomic E-state index is -0.484. The van der Waals surface area contributed by atoms with Crippen LogP contribution in [0.2, 0.25) is 0 Å². The van der Waals surface area contributed by atoms with Gasteiger partial charge in [0, 0.05) is 49.4 Å². The second kappa shape index (κ2) is 7.37. The van der Waals surface area contributed by atoms with Gasteiger partial charge in [0.2, 0.25) is 0 Å². The number of nitro groups is 1. The molecule has 2 saturated heterocycles. The van der Waals surface area contributed by atoms with Crippen LogP contribution in [0, 0.1) is 16.0 Å². The summed E-state index contributed by atoms with van der Waals surface area (Å²) in [5.41, 5.74) is 7.18. The quantitative estimate of drug-likeness (QED) is 0.554. The van der Waals surface area contributed by atoms with Crippen LogP contribution >= 0.6 is 0 Å². The average molecular weight is 347 g/mol. The number of nitro benzene ring substituents is 1. The number of hydrogen-bond donors (Lipinski definition) is 3. The van der Waals surface area contributed by atoms with Crippen molar-refractivity contribution < 1.29 is 9.72 Å². The van der Waals surface area contributed by atoms with Gasteiger partial charge < -0.3 is 10.2 Å². The number of hydrazine groups is 1. The number of likely N-dealkylation sites (tertiary alicyclic amines) is 1. The van der Waals surface area contributed by atoms with Crippen molar-refractivity contribution in [3.63, 3.8) is 0 Å². The molecule has 0 bridgehead atoms. The SMILES string of the molecule is CC1NNC(C)C1CNc1ccc([N+](=O)[O-])c(C(=O)N2CCCC2)c1. The summed E-state index contributed by atoms with van der Waals surface area (Å²) < 4.78 is 0. The number of rotatable bonds is 5. The fourth-order valence-electron chi connectivity index (χ4n) is 3.57. The molecule has 8 heteroatoms. The standard InChI is InChI=1S/C17H25N5O3/c1-11-15(12(2)20-19-11)10-18-13-5-6-16(22(24)25)14(9-13)17(23)21-7-3-4-8-21/h5-6,9,11-12,15,18-20H,3-4,7-8,10H2,1-2H3. The van der Waals surface area contributed by atoms with E-state index in [1.807, 2.05) is 0 Å². The predicted molar refractivity (Wildman–Crippen MR) is 95.4 cm³/mol. The van der Waals surface area contributed by atoms with Gasteiger partial charge in [0.1, 0.15) is 5.56 Å². The highest BCUT2D eigenvalue weighted by Crippen LogP contribution is 2.26. The first kappa shape index (κ1) is 17.6. The van der Waals surface area contributed by atoms with Crippen LogP contribution in [0.4, 0.5) is 11.4 Å². The number of nitrogens with zero attached hydrogens (tertiary/aromatic N) is 2. The predicted octanol–water partition coefficient (Wildman–Crippen LogP) is 1.74. The van der Waals surface area contributed by atoms with E-state index >= 15 is 0 Å². The van der Waals surface area contributed by atoms with E-state index in [1.165, 1.54) is 6.07 Å². The van der Waals surface area contributed by atoms with E-state index < -0.39 is 4.92 Å². The number of benzene rings is 1. The molecule has 0 radical (unpaired) electrons. The van der Waals surface area contributed by atoms with Gasteiger partial charge in [-0.3, -0.25) is 25.8 Å². The third kappa shape index (κ3) is 3.74. The molecule has 25 heavy (non-hydrogen) atoms. The monoisotopic (exact) mass is 347 g/mol. The van der Waals surface area contributed by atoms with E-state index in [9.17, 15) is 14.9 Å². The lowest BCUT2D eigenvalue weighted by molar-refractivity contribution is -0.385. The zero-order valence-electron chi connectivity index (χ0n) is 14.6. The fraction of sp³-hybridized carbons (Fsp3) is 0.588. The Morgan fingerprint density at radius 3 is 2.52 bits per heavy atom. The summed E-state index contributed by atoms with van der Waals surface area (Å²) in [4.78, 5) is 25.2. The summed E-state index contributed by atoms with van der Waals surface area (Å²) in [7, 11) is 0. The van der Waals surface area contributed by atoms with Gasteiger partial charge in [-0.1, -0.05) is 0 Å². The molecule has 0 spiro atoms. The Kier molecular flexibility index (Phi) is 5.19. The lowest BCUT2D eigenvalue weighted by atomic mass is 9.96. The normalized spacial score (nSPS) is 26.0. The molecule has 2 unspecified atom stereocenters. The van der Waals surface area contributed by atoms with Gasteiger partial charge in [-0.05, 0) is 38.8 Å². The molecule has 0 aliphatic carbocycles. The third-order valence-electron chi connectivity index (χ3n) is 5.18. The molecule has 2 aliphatic rings. The molecule has 136 valence electrons. The van der Waals surface area contributed by atoms with Gasteiger partial charge in [-0.15, -0.1) is 0 Å². The topological polar surface area (TPSA) is 99.5 Å². The summed E-state index contributed by atoms with van der Waals surface area (Å²) in [5, 5.41) is 14.6. The van der Waals surface area contributed by atoms with Crippen LogP contribution in [0.3, 0.4) is 0 Å². The molecule has 1 aromatic rings. The first-order valence-corrected chi connectivity index (χ1v) is 8.80. The number of hydrogen-bond acceptors (Lipinski definition) is 6. The van der Waals surface area contributed by atoms with E-state index in [1.54, 1.807) is 17.0 Å². The van der Waals surface area contributed by atoms with Crippen molar-refractivity contribution in [1.82, 2.24) is 15.8 Å². The van der Waals surface area contributed by atoms with Crippen molar-refractivity contribution in [3.05, 3.63) is 33.9 Å². The van der Waals surface area contributed by atoms with Crippen LogP contribution in [0.15, 0.2) is 18.2 Å². The molecule has 3 rings (SSSR count). The molecule has 1 amide bonds. The maximum atomic E-state index is 12.7. The molecule has 8 nitrogen and oxygen atoms in total. The second-order valence-corrected chi connectivity index (χ2v) is 6.90. The highest BCUT2D eigenvalue weighted by atomic mass is 16.6. The number of carbonyl (C=O) groups excluding carboxylic acids is 1. The van der Waals surface area contributed by atoms with Crippen LogP contribution in [-0.2, 0) is 0 Å². The van der Waals surface area contributed by atoms with Crippen LogP contribution in [0.5, 0.6) is 0 Å². The van der Waals surface area contributed by atoms with Crippen LogP contribution < -0.4 is 16.2 Å². The Labute approximate surface area is 147 Å². The lowest BCUT2D eigenvalue weighted by Crippen LogP contribution is -2.30. The zero-order valence-corrected chi connectivity index (χ0v) is 14.6. The number of amides is 1. The molecular weight excluding hydrogens is 322 g/mol. The van der Waals surface area contributed by atoms with Crippen LogP contribution in [0.25, 0.3) is 0 Å². The van der Waals surface area contributed by atoms with Gasteiger partial charge in [0.25, 0.3) is 11.6 Å². The van der Waals surface area contributed by atoms with Gasteiger partial charge in [0.05, 0.1) is 4.92 Å². The van der Waals surface area contributed by atoms with Crippen LogP contribution in [-0.4, -0.2) is 47.4 Å². The van der Waals surface area contributed by atoms with Crippen molar-refractivity contribution >= 4 is 17.3 Å². The van der Waals surface area contributed by atoms with Crippen molar-refractivity contribution in [2.24, 2.45) is 5.92 Å². The molecule has 3 N–H and O–H groups in total. The molecule has 2 heterocycles. The van der Waals surface area contributed by atoms with Crippen molar-refractivity contribution in [2.75, 3.05) is 25.0 Å². The van der Waals surface area contributed by atoms with Gasteiger partial charge >= 0.3 is 0 Å². The van der Waals surface area contributed by atoms with Crippen molar-refractivity contribution in [2.45, 2.75) is 38.8 Å². The molecule has 2 aliphatic heterocycles. The molecule has 2 atom stereocenters. The highest BCUT2D eigenvalue weighted by Gasteiger charge is 2.30. The van der Waals surface area contributed by atoms with Gasteiger partial charge in [-0.2, -0.15) is 0 Å². The smallest absolute Gasteiger partial charge is 0.282 e. The summed E-state index contributed by atoms with van der Waals surface area (Å²) >= 11 is 0. The van der Waals surface area contributed by atoms with E-state index in [-0.39, 0.29) is 17.2 Å². The molecule has 2 fully saturated rings. The fourth-order valence-corrected chi connectivity index (χ4v) is 3.57. The molecular formula is C17H25N5O3. The Hall–Kier alpha value is -2.19. The van der Waals surface area contributed by atoms with Crippen molar-refractivity contribution in [1.29, 1.82) is 0 Å². The minimum absolute atomic E-state index is 0.131. The first-order valence-electron chi connectivity index (χ1n) is 8.80. The summed E-state index contributed by atoms with van der Waals surface area (Å²) in [6.07, 6.45) is 1.91. The maximum absolute atomic E-state index is 12.7. The third-order valence-corrected chi connectivity index (χ3v) is 5.18. The van der Waals surface area contributed by atoms with Gasteiger partial charge in [-0.25, -0.2) is 0 Å². The van der Waals surface area contributed by atoms with Gasteiger partial charge in [0.15, 0.2) is 0 Å². The van der Waals surface area contributed by atoms with E-state index in [4.69, 9.17) is 0 Å². The maximum Gasteiger partial charge on any atom is 0.282 e. The Balaban J connectivity index is 1.77. The van der Waals surface area contributed by atoms with E-state index in [0.717, 1.165) is 25.1 Å². The van der Waals surface area contributed by atoms with Crippen molar-refractivity contribution in [3.8, 4) is 0 Å².